The summed E-state index contributed by atoms with van der Waals surface area (Å²) in [6.07, 6.45) is 0.960. The molecule has 1 atom stereocenters. The number of benzene rings is 1. The molecule has 20 heavy (non-hydrogen) atoms. The molecule has 106 valence electrons. The number of nitrogens with zero attached hydrogens (tertiary/aromatic N) is 1. The van der Waals surface area contributed by atoms with Crippen molar-refractivity contribution in [2.45, 2.75) is 12.5 Å². The molecule has 1 fully saturated rings. The van der Waals surface area contributed by atoms with Crippen molar-refractivity contribution >= 4 is 17.7 Å². The minimum atomic E-state index is -0.509. The van der Waals surface area contributed by atoms with E-state index in [1.807, 2.05) is 11.8 Å². The summed E-state index contributed by atoms with van der Waals surface area (Å²) >= 11 is 1.82. The zero-order valence-corrected chi connectivity index (χ0v) is 12.2. The van der Waals surface area contributed by atoms with Crippen LogP contribution in [0.25, 0.3) is 0 Å². The molecule has 0 radical (unpaired) electrons. The van der Waals surface area contributed by atoms with E-state index in [4.69, 9.17) is 5.73 Å². The lowest BCUT2D eigenvalue weighted by atomic mass is 10.1. The van der Waals surface area contributed by atoms with Crippen molar-refractivity contribution in [2.75, 3.05) is 25.1 Å². The van der Waals surface area contributed by atoms with E-state index in [9.17, 15) is 9.18 Å². The van der Waals surface area contributed by atoms with E-state index < -0.39 is 5.82 Å². The Hall–Kier alpha value is -1.51. The van der Waals surface area contributed by atoms with E-state index in [-0.39, 0.29) is 24.1 Å². The first-order chi connectivity index (χ1) is 9.63. The van der Waals surface area contributed by atoms with Crippen LogP contribution < -0.4 is 5.73 Å². The largest absolute Gasteiger partial charge is 0.338 e. The molecular formula is C15H17FN2OS. The molecule has 1 heterocycles. The van der Waals surface area contributed by atoms with Crippen molar-refractivity contribution < 1.29 is 9.18 Å². The van der Waals surface area contributed by atoms with Crippen LogP contribution in [0.5, 0.6) is 0 Å². The van der Waals surface area contributed by atoms with Crippen LogP contribution in [-0.2, 0) is 0 Å². The smallest absolute Gasteiger partial charge is 0.256 e. The van der Waals surface area contributed by atoms with Crippen LogP contribution in [0.2, 0.25) is 0 Å². The maximum Gasteiger partial charge on any atom is 0.256 e. The number of amides is 1. The fraction of sp³-hybridized carbons (Fsp3) is 0.400. The second-order valence-corrected chi connectivity index (χ2v) is 5.78. The van der Waals surface area contributed by atoms with Gasteiger partial charge in [-0.1, -0.05) is 11.8 Å². The van der Waals surface area contributed by atoms with Gasteiger partial charge in [0.2, 0.25) is 0 Å². The van der Waals surface area contributed by atoms with Gasteiger partial charge in [-0.25, -0.2) is 4.39 Å². The molecule has 0 spiro atoms. The number of hydrogen-bond acceptors (Lipinski definition) is 3. The quantitative estimate of drug-likeness (QED) is 0.844. The third-order valence-electron chi connectivity index (χ3n) is 3.31. The van der Waals surface area contributed by atoms with Crippen molar-refractivity contribution in [2.24, 2.45) is 5.73 Å². The maximum absolute atomic E-state index is 13.9. The van der Waals surface area contributed by atoms with Crippen molar-refractivity contribution in [1.82, 2.24) is 4.90 Å². The number of rotatable bonds is 2. The van der Waals surface area contributed by atoms with Gasteiger partial charge in [-0.3, -0.25) is 4.79 Å². The first-order valence-corrected chi connectivity index (χ1v) is 7.62. The Bertz CT molecular complexity index is 559. The lowest BCUT2D eigenvalue weighted by Gasteiger charge is -2.24. The van der Waals surface area contributed by atoms with Gasteiger partial charge in [-0.05, 0) is 30.4 Å². The van der Waals surface area contributed by atoms with Crippen LogP contribution in [0.15, 0.2) is 18.2 Å². The second kappa shape index (κ2) is 6.78. The number of nitrogens with two attached hydrogens (primary N) is 1. The monoisotopic (exact) mass is 292 g/mol. The Morgan fingerprint density at radius 1 is 1.60 bits per heavy atom. The summed E-state index contributed by atoms with van der Waals surface area (Å²) < 4.78 is 13.9. The van der Waals surface area contributed by atoms with Gasteiger partial charge in [0.15, 0.2) is 0 Å². The van der Waals surface area contributed by atoms with Gasteiger partial charge in [0.1, 0.15) is 5.82 Å². The van der Waals surface area contributed by atoms with E-state index in [1.54, 1.807) is 18.0 Å². The Labute approximate surface area is 122 Å². The zero-order valence-electron chi connectivity index (χ0n) is 11.4. The number of halogens is 1. The number of carbonyl (C=O) groups is 1. The Balaban J connectivity index is 2.23. The molecule has 1 amide bonds. The molecule has 0 aliphatic carbocycles. The number of hydrogen-bond donors (Lipinski definition) is 1. The molecule has 2 N–H and O–H groups in total. The molecular weight excluding hydrogens is 275 g/mol. The van der Waals surface area contributed by atoms with Gasteiger partial charge in [0, 0.05) is 24.4 Å². The molecule has 0 saturated carbocycles. The summed E-state index contributed by atoms with van der Waals surface area (Å²) in [4.78, 5) is 14.0. The summed E-state index contributed by atoms with van der Waals surface area (Å²) in [5.41, 5.74) is 5.99. The standard InChI is InChI=1S/C15H17FN2OS/c1-18(12-6-8-20-10-12)15(19)13-9-11(3-2-7-17)4-5-14(13)16/h4-5,9,12H,6-8,10,17H2,1H3. The first-order valence-electron chi connectivity index (χ1n) is 6.47. The van der Waals surface area contributed by atoms with E-state index >= 15 is 0 Å². The summed E-state index contributed by atoms with van der Waals surface area (Å²) in [5.74, 6) is 6.69. The number of carbonyl (C=O) groups excluding carboxylic acids is 1. The average Bonchev–Trinajstić information content (AvgIpc) is 2.99. The predicted octanol–water partition coefficient (Wildman–Crippen LogP) is 1.71. The van der Waals surface area contributed by atoms with E-state index in [2.05, 4.69) is 11.8 Å². The van der Waals surface area contributed by atoms with Gasteiger partial charge < -0.3 is 10.6 Å². The average molecular weight is 292 g/mol. The van der Waals surface area contributed by atoms with Gasteiger partial charge >= 0.3 is 0 Å². The maximum atomic E-state index is 13.9. The van der Waals surface area contributed by atoms with E-state index in [0.29, 0.717) is 5.56 Å². The minimum absolute atomic E-state index is 0.0771. The molecule has 1 unspecified atom stereocenters. The molecule has 3 nitrogen and oxygen atoms in total. The third-order valence-corrected chi connectivity index (χ3v) is 4.45. The summed E-state index contributed by atoms with van der Waals surface area (Å²) in [6.45, 7) is 0.236. The highest BCUT2D eigenvalue weighted by molar-refractivity contribution is 7.99. The fourth-order valence-corrected chi connectivity index (χ4v) is 3.37. The Kier molecular flexibility index (Phi) is 5.05. The lowest BCUT2D eigenvalue weighted by Crippen LogP contribution is -2.37. The molecule has 0 aromatic heterocycles. The molecule has 1 saturated heterocycles. The summed E-state index contributed by atoms with van der Waals surface area (Å²) in [6, 6.07) is 4.52. The molecule has 1 aliphatic rings. The van der Waals surface area contributed by atoms with Crippen LogP contribution in [0.1, 0.15) is 22.3 Å². The minimum Gasteiger partial charge on any atom is -0.338 e. The highest BCUT2D eigenvalue weighted by Crippen LogP contribution is 2.23. The predicted molar refractivity (Wildman–Crippen MR) is 80.2 cm³/mol. The van der Waals surface area contributed by atoms with Crippen LogP contribution in [-0.4, -0.2) is 41.9 Å². The van der Waals surface area contributed by atoms with Crippen LogP contribution >= 0.6 is 11.8 Å². The molecule has 1 aromatic rings. The zero-order chi connectivity index (χ0) is 14.5. The molecule has 5 heteroatoms. The SMILES string of the molecule is CN(C(=O)c1cc(C#CCN)ccc1F)C1CCSC1. The lowest BCUT2D eigenvalue weighted by molar-refractivity contribution is 0.0743. The highest BCUT2D eigenvalue weighted by atomic mass is 32.2. The van der Waals surface area contributed by atoms with Crippen molar-refractivity contribution in [3.63, 3.8) is 0 Å². The second-order valence-electron chi connectivity index (χ2n) is 4.63. The van der Waals surface area contributed by atoms with Crippen LogP contribution in [0.3, 0.4) is 0 Å². The van der Waals surface area contributed by atoms with Gasteiger partial charge in [0.25, 0.3) is 5.91 Å². The highest BCUT2D eigenvalue weighted by Gasteiger charge is 2.26. The summed E-state index contributed by atoms with van der Waals surface area (Å²) in [5, 5.41) is 0. The fourth-order valence-electron chi connectivity index (χ4n) is 2.10. The van der Waals surface area contributed by atoms with Crippen molar-refractivity contribution in [3.8, 4) is 11.8 Å². The van der Waals surface area contributed by atoms with Crippen LogP contribution in [0, 0.1) is 17.7 Å². The third kappa shape index (κ3) is 3.33. The Morgan fingerprint density at radius 2 is 2.40 bits per heavy atom. The van der Waals surface area contributed by atoms with Gasteiger partial charge in [-0.15, -0.1) is 0 Å². The number of thioether (sulfide) groups is 1. The molecule has 2 rings (SSSR count). The van der Waals surface area contributed by atoms with Gasteiger partial charge in [0.05, 0.1) is 12.1 Å². The van der Waals surface area contributed by atoms with E-state index in [1.165, 1.54) is 12.1 Å². The Morgan fingerprint density at radius 3 is 3.05 bits per heavy atom. The van der Waals surface area contributed by atoms with Crippen LogP contribution in [0.4, 0.5) is 4.39 Å². The summed E-state index contributed by atoms with van der Waals surface area (Å²) in [7, 11) is 1.73. The molecule has 0 bridgehead atoms. The van der Waals surface area contributed by atoms with E-state index in [0.717, 1.165) is 17.9 Å². The molecule has 1 aromatic carbocycles. The first kappa shape index (κ1) is 14.9. The normalized spacial score (nSPS) is 17.4. The molecule has 1 aliphatic heterocycles. The van der Waals surface area contributed by atoms with Crippen molar-refractivity contribution in [3.05, 3.63) is 35.1 Å². The van der Waals surface area contributed by atoms with Gasteiger partial charge in [-0.2, -0.15) is 11.8 Å². The van der Waals surface area contributed by atoms with Crippen molar-refractivity contribution in [1.29, 1.82) is 0 Å². The topological polar surface area (TPSA) is 46.3 Å².